The molecular weight excluding hydrogens is 436 g/mol. The van der Waals surface area contributed by atoms with Gasteiger partial charge in [-0.3, -0.25) is 9.59 Å². The summed E-state index contributed by atoms with van der Waals surface area (Å²) in [5.74, 6) is -2.18. The first-order chi connectivity index (χ1) is 16.4. The third-order valence-electron chi connectivity index (χ3n) is 6.74. The lowest BCUT2D eigenvalue weighted by Gasteiger charge is -2.46. The molecule has 0 aromatic heterocycles. The highest BCUT2D eigenvalue weighted by atomic mass is 16.4. The van der Waals surface area contributed by atoms with Crippen LogP contribution in [0.1, 0.15) is 50.5 Å². The van der Waals surface area contributed by atoms with Crippen molar-refractivity contribution in [2.75, 3.05) is 32.7 Å². The van der Waals surface area contributed by atoms with Gasteiger partial charge >= 0.3 is 12.0 Å². The summed E-state index contributed by atoms with van der Waals surface area (Å²) in [7, 11) is 0. The predicted octanol–water partition coefficient (Wildman–Crippen LogP) is 2.09. The molecule has 0 unspecified atom stereocenters. The standard InChI is InChI=1S/C25H36N4O5/c26-14-8-7-12-20-22(24(32)33)29(23(20)31)25(34)28-17-15-27(16-18-28)21(30)13-6-2-5-11-19-9-3-1-4-10-19/h1,3-4,9-10,20,22H,2,5-8,11-18,26H2,(H,32,33)/t20-,22+/m1/s1. The number of hydrogen-bond donors (Lipinski definition) is 2. The van der Waals surface area contributed by atoms with Gasteiger partial charge in [-0.2, -0.15) is 0 Å². The molecule has 2 aliphatic heterocycles. The van der Waals surface area contributed by atoms with Crippen molar-refractivity contribution in [3.8, 4) is 0 Å². The summed E-state index contributed by atoms with van der Waals surface area (Å²) < 4.78 is 0. The fourth-order valence-electron chi connectivity index (χ4n) is 4.72. The fourth-order valence-corrected chi connectivity index (χ4v) is 4.72. The Morgan fingerprint density at radius 1 is 0.912 bits per heavy atom. The molecule has 2 fully saturated rings. The van der Waals surface area contributed by atoms with E-state index in [2.05, 4.69) is 12.1 Å². The molecule has 0 bridgehead atoms. The van der Waals surface area contributed by atoms with Crippen molar-refractivity contribution in [2.24, 2.45) is 11.7 Å². The molecule has 0 spiro atoms. The first kappa shape index (κ1) is 25.7. The predicted molar refractivity (Wildman–Crippen MR) is 127 cm³/mol. The summed E-state index contributed by atoms with van der Waals surface area (Å²) in [6, 6.07) is 8.60. The Morgan fingerprint density at radius 3 is 2.24 bits per heavy atom. The molecular formula is C25H36N4O5. The average Bonchev–Trinajstić information content (AvgIpc) is 2.84. The molecule has 3 rings (SSSR count). The van der Waals surface area contributed by atoms with Gasteiger partial charge in [0.25, 0.3) is 0 Å². The number of carboxylic acid groups (broad SMARTS) is 1. The van der Waals surface area contributed by atoms with Crippen LogP contribution >= 0.6 is 0 Å². The van der Waals surface area contributed by atoms with Crippen molar-refractivity contribution >= 4 is 23.8 Å². The summed E-state index contributed by atoms with van der Waals surface area (Å²) in [6.07, 6.45) is 6.15. The zero-order chi connectivity index (χ0) is 24.5. The lowest BCUT2D eigenvalue weighted by atomic mass is 9.83. The number of imide groups is 1. The molecule has 2 aliphatic rings. The Kier molecular flexibility index (Phi) is 9.44. The second-order valence-electron chi connectivity index (χ2n) is 9.08. The SMILES string of the molecule is NCCCC[C@H]1C(=O)N(C(=O)N2CCN(C(=O)CCCCCc3ccccc3)CC2)[C@@H]1C(=O)O. The largest absolute Gasteiger partial charge is 0.480 e. The molecule has 9 nitrogen and oxygen atoms in total. The molecule has 3 N–H and O–H groups in total. The zero-order valence-corrected chi connectivity index (χ0v) is 19.7. The van der Waals surface area contributed by atoms with Crippen LogP contribution in [0, 0.1) is 5.92 Å². The number of hydrogen-bond acceptors (Lipinski definition) is 5. The van der Waals surface area contributed by atoms with Gasteiger partial charge in [-0.15, -0.1) is 0 Å². The van der Waals surface area contributed by atoms with Crippen LogP contribution < -0.4 is 5.73 Å². The molecule has 0 saturated carbocycles. The number of carbonyl (C=O) groups is 4. The van der Waals surface area contributed by atoms with E-state index in [1.807, 2.05) is 18.2 Å². The van der Waals surface area contributed by atoms with Crippen molar-refractivity contribution in [1.29, 1.82) is 0 Å². The summed E-state index contributed by atoms with van der Waals surface area (Å²) >= 11 is 0. The minimum atomic E-state index is -1.16. The number of aliphatic carboxylic acids is 1. The van der Waals surface area contributed by atoms with E-state index in [-0.39, 0.29) is 5.91 Å². The van der Waals surface area contributed by atoms with Crippen molar-refractivity contribution in [3.05, 3.63) is 35.9 Å². The maximum Gasteiger partial charge on any atom is 0.327 e. The molecule has 4 amide bonds. The molecule has 2 atom stereocenters. The lowest BCUT2D eigenvalue weighted by Crippen LogP contribution is -2.69. The Balaban J connectivity index is 1.38. The Labute approximate surface area is 200 Å². The third-order valence-corrected chi connectivity index (χ3v) is 6.74. The van der Waals surface area contributed by atoms with E-state index in [1.54, 1.807) is 4.90 Å². The van der Waals surface area contributed by atoms with Crippen molar-refractivity contribution in [1.82, 2.24) is 14.7 Å². The van der Waals surface area contributed by atoms with E-state index in [0.717, 1.165) is 30.6 Å². The topological polar surface area (TPSA) is 124 Å². The fraction of sp³-hybridized carbons (Fsp3) is 0.600. The van der Waals surface area contributed by atoms with E-state index < -0.39 is 29.9 Å². The highest BCUT2D eigenvalue weighted by Gasteiger charge is 2.55. The number of aryl methyl sites for hydroxylation is 1. The van der Waals surface area contributed by atoms with E-state index in [0.29, 0.717) is 58.4 Å². The van der Waals surface area contributed by atoms with E-state index in [4.69, 9.17) is 5.73 Å². The Morgan fingerprint density at radius 2 is 1.59 bits per heavy atom. The van der Waals surface area contributed by atoms with Gasteiger partial charge in [-0.05, 0) is 44.2 Å². The summed E-state index contributed by atoms with van der Waals surface area (Å²) in [6.45, 7) is 1.87. The van der Waals surface area contributed by atoms with E-state index in [1.165, 1.54) is 10.5 Å². The number of carbonyl (C=O) groups excluding carboxylic acids is 3. The first-order valence-electron chi connectivity index (χ1n) is 12.3. The number of nitrogens with zero attached hydrogens (tertiary/aromatic N) is 3. The summed E-state index contributed by atoms with van der Waals surface area (Å²) in [5.41, 5.74) is 6.78. The maximum absolute atomic E-state index is 12.9. The van der Waals surface area contributed by atoms with Crippen LogP contribution in [0.5, 0.6) is 0 Å². The second kappa shape index (κ2) is 12.5. The lowest BCUT2D eigenvalue weighted by molar-refractivity contribution is -0.167. The number of rotatable bonds is 11. The number of urea groups is 1. The summed E-state index contributed by atoms with van der Waals surface area (Å²) in [4.78, 5) is 53.7. The van der Waals surface area contributed by atoms with Gasteiger partial charge in [0.05, 0.1) is 5.92 Å². The zero-order valence-electron chi connectivity index (χ0n) is 19.7. The molecule has 34 heavy (non-hydrogen) atoms. The number of carboxylic acids is 1. The Hall–Kier alpha value is -2.94. The van der Waals surface area contributed by atoms with Gasteiger partial charge in [-0.25, -0.2) is 14.5 Å². The molecule has 186 valence electrons. The van der Waals surface area contributed by atoms with Crippen LogP contribution in [0.15, 0.2) is 30.3 Å². The number of piperazine rings is 1. The molecule has 1 aromatic carbocycles. The molecule has 0 radical (unpaired) electrons. The minimum absolute atomic E-state index is 0.0789. The van der Waals surface area contributed by atoms with Gasteiger partial charge in [0.2, 0.25) is 11.8 Å². The Bertz CT molecular complexity index is 854. The van der Waals surface area contributed by atoms with E-state index in [9.17, 15) is 24.3 Å². The van der Waals surface area contributed by atoms with Gasteiger partial charge < -0.3 is 20.6 Å². The molecule has 0 aliphatic carbocycles. The van der Waals surface area contributed by atoms with Gasteiger partial charge in [0, 0.05) is 32.6 Å². The van der Waals surface area contributed by atoms with Crippen LogP contribution in [-0.4, -0.2) is 82.4 Å². The van der Waals surface area contributed by atoms with Crippen molar-refractivity contribution in [3.63, 3.8) is 0 Å². The van der Waals surface area contributed by atoms with E-state index >= 15 is 0 Å². The van der Waals surface area contributed by atoms with Gasteiger partial charge in [0.1, 0.15) is 0 Å². The molecule has 1 aromatic rings. The van der Waals surface area contributed by atoms with Crippen LogP contribution in [0.25, 0.3) is 0 Å². The highest BCUT2D eigenvalue weighted by Crippen LogP contribution is 2.32. The molecule has 9 heteroatoms. The number of nitrogens with two attached hydrogens (primary N) is 1. The van der Waals surface area contributed by atoms with Crippen molar-refractivity contribution < 1.29 is 24.3 Å². The van der Waals surface area contributed by atoms with Crippen LogP contribution in [0.3, 0.4) is 0 Å². The number of β-lactam (4-membered cyclic amide) rings is 1. The number of unbranched alkanes of at least 4 members (excludes halogenated alkanes) is 3. The van der Waals surface area contributed by atoms with Crippen molar-refractivity contribution in [2.45, 2.75) is 57.4 Å². The molecule has 2 heterocycles. The number of likely N-dealkylation sites (tertiary alicyclic amines) is 1. The maximum atomic E-state index is 12.9. The van der Waals surface area contributed by atoms with Crippen LogP contribution in [0.4, 0.5) is 4.79 Å². The third kappa shape index (κ3) is 6.34. The average molecular weight is 473 g/mol. The minimum Gasteiger partial charge on any atom is -0.480 e. The van der Waals surface area contributed by atoms with Gasteiger partial charge in [-0.1, -0.05) is 43.2 Å². The first-order valence-corrected chi connectivity index (χ1v) is 12.3. The molecule has 2 saturated heterocycles. The monoisotopic (exact) mass is 472 g/mol. The summed E-state index contributed by atoms with van der Waals surface area (Å²) in [5, 5.41) is 9.55. The number of amides is 4. The normalized spacial score (nSPS) is 20.3. The van der Waals surface area contributed by atoms with Crippen LogP contribution in [-0.2, 0) is 20.8 Å². The smallest absolute Gasteiger partial charge is 0.327 e. The quantitative estimate of drug-likeness (QED) is 0.375. The highest BCUT2D eigenvalue weighted by molar-refractivity contribution is 6.07. The van der Waals surface area contributed by atoms with Gasteiger partial charge in [0.15, 0.2) is 6.04 Å². The second-order valence-corrected chi connectivity index (χ2v) is 9.08. The van der Waals surface area contributed by atoms with Crippen LogP contribution in [0.2, 0.25) is 0 Å². The number of benzene rings is 1.